The third kappa shape index (κ3) is 2.72. The van der Waals surface area contributed by atoms with E-state index in [2.05, 4.69) is 27.3 Å². The molecule has 0 amide bonds. The van der Waals surface area contributed by atoms with Crippen molar-refractivity contribution in [1.82, 2.24) is 0 Å². The third-order valence-corrected chi connectivity index (χ3v) is 2.65. The van der Waals surface area contributed by atoms with Crippen LogP contribution in [0, 0.1) is 11.3 Å². The van der Waals surface area contributed by atoms with Crippen LogP contribution < -0.4 is 0 Å². The van der Waals surface area contributed by atoms with Crippen molar-refractivity contribution in [2.24, 2.45) is 0 Å². The minimum absolute atomic E-state index is 0.743. The molecule has 0 aromatic heterocycles. The molecule has 56 valence electrons. The van der Waals surface area contributed by atoms with Crippen molar-refractivity contribution in [1.29, 1.82) is 5.26 Å². The molecule has 0 saturated carbocycles. The number of halogens is 1. The topological polar surface area (TPSA) is 23.8 Å². The largest absolute Gasteiger partial charge is 0.192 e. The number of nitriles is 1. The van der Waals surface area contributed by atoms with Gasteiger partial charge in [-0.2, -0.15) is 5.26 Å². The third-order valence-electron chi connectivity index (χ3n) is 1.28. The van der Waals surface area contributed by atoms with Gasteiger partial charge < -0.3 is 0 Å². The molecule has 0 saturated heterocycles. The van der Waals surface area contributed by atoms with Crippen molar-refractivity contribution >= 4 is 30.1 Å². The molecule has 0 aliphatic rings. The van der Waals surface area contributed by atoms with Gasteiger partial charge in [-0.25, -0.2) is 0 Å². The molecule has 0 aliphatic heterocycles. The molecule has 0 N–H and O–H groups in total. The summed E-state index contributed by atoms with van der Waals surface area (Å²) in [6, 6.07) is 9.81. The number of benzene rings is 1. The molecule has 0 unspecified atom stereocenters. The van der Waals surface area contributed by atoms with Gasteiger partial charge in [-0.05, 0) is 38.9 Å². The van der Waals surface area contributed by atoms with E-state index in [4.69, 9.17) is 5.26 Å². The Bertz CT molecular complexity index is 280. The fourth-order valence-corrected chi connectivity index (χ4v) is 2.18. The molecule has 3 heteroatoms. The van der Waals surface area contributed by atoms with Crippen LogP contribution in [-0.2, 0) is 5.75 Å². The van der Waals surface area contributed by atoms with E-state index in [0.717, 1.165) is 11.3 Å². The van der Waals surface area contributed by atoms with E-state index in [-0.39, 0.29) is 0 Å². The Kier molecular flexibility index (Phi) is 3.73. The zero-order chi connectivity index (χ0) is 8.10. The van der Waals surface area contributed by atoms with Crippen LogP contribution in [0.2, 0.25) is 0 Å². The summed E-state index contributed by atoms with van der Waals surface area (Å²) in [6.07, 6.45) is 0. The minimum Gasteiger partial charge on any atom is -0.192 e. The highest BCUT2D eigenvalue weighted by Gasteiger charge is 1.93. The van der Waals surface area contributed by atoms with Crippen molar-refractivity contribution in [2.45, 2.75) is 5.75 Å². The lowest BCUT2D eigenvalue weighted by Crippen LogP contribution is -1.79. The predicted octanol–water partition coefficient (Wildman–Crippen LogP) is 3.14. The first-order chi connectivity index (χ1) is 5.36. The SMILES string of the molecule is N#Cc1cccc(CSI)c1. The van der Waals surface area contributed by atoms with Gasteiger partial charge in [-0.15, -0.1) is 0 Å². The van der Waals surface area contributed by atoms with Gasteiger partial charge in [0.1, 0.15) is 0 Å². The van der Waals surface area contributed by atoms with Gasteiger partial charge in [0.15, 0.2) is 0 Å². The molecular formula is C8H6INS. The van der Waals surface area contributed by atoms with Gasteiger partial charge in [0.2, 0.25) is 0 Å². The van der Waals surface area contributed by atoms with Gasteiger partial charge in [0.25, 0.3) is 0 Å². The van der Waals surface area contributed by atoms with Gasteiger partial charge in [0, 0.05) is 5.75 Å². The Morgan fingerprint density at radius 2 is 2.36 bits per heavy atom. The molecule has 1 aromatic carbocycles. The highest BCUT2D eigenvalue weighted by molar-refractivity contribution is 14.2. The lowest BCUT2D eigenvalue weighted by Gasteiger charge is -1.95. The Balaban J connectivity index is 2.85. The quantitative estimate of drug-likeness (QED) is 0.774. The number of hydrogen-bond donors (Lipinski definition) is 0. The molecule has 0 heterocycles. The van der Waals surface area contributed by atoms with E-state index in [9.17, 15) is 0 Å². The van der Waals surface area contributed by atoms with Crippen molar-refractivity contribution < 1.29 is 0 Å². The maximum Gasteiger partial charge on any atom is 0.0991 e. The predicted molar refractivity (Wildman–Crippen MR) is 56.5 cm³/mol. The molecular weight excluding hydrogens is 269 g/mol. The molecule has 1 rings (SSSR count). The van der Waals surface area contributed by atoms with E-state index < -0.39 is 0 Å². The van der Waals surface area contributed by atoms with Gasteiger partial charge >= 0.3 is 0 Å². The second-order valence-electron chi connectivity index (χ2n) is 2.07. The summed E-state index contributed by atoms with van der Waals surface area (Å²) >= 11 is 2.25. The lowest BCUT2D eigenvalue weighted by atomic mass is 10.2. The monoisotopic (exact) mass is 275 g/mol. The molecule has 0 atom stereocenters. The molecule has 1 nitrogen and oxygen atoms in total. The number of rotatable bonds is 2. The zero-order valence-corrected chi connectivity index (χ0v) is 8.72. The lowest BCUT2D eigenvalue weighted by molar-refractivity contribution is 1.39. The molecule has 0 bridgehead atoms. The maximum atomic E-state index is 8.57. The summed E-state index contributed by atoms with van der Waals surface area (Å²) in [6.45, 7) is 0. The molecule has 0 radical (unpaired) electrons. The van der Waals surface area contributed by atoms with E-state index >= 15 is 0 Å². The van der Waals surface area contributed by atoms with Crippen molar-refractivity contribution in [3.63, 3.8) is 0 Å². The summed E-state index contributed by atoms with van der Waals surface area (Å²) in [4.78, 5) is 0. The maximum absolute atomic E-state index is 8.57. The molecule has 1 aromatic rings. The van der Waals surface area contributed by atoms with Gasteiger partial charge in [0.05, 0.1) is 11.6 Å². The molecule has 11 heavy (non-hydrogen) atoms. The number of hydrogen-bond acceptors (Lipinski definition) is 2. The number of nitrogens with zero attached hydrogens (tertiary/aromatic N) is 1. The summed E-state index contributed by atoms with van der Waals surface area (Å²) in [5.74, 6) is 0.968. The van der Waals surface area contributed by atoms with Crippen LogP contribution in [0.15, 0.2) is 24.3 Å². The van der Waals surface area contributed by atoms with Crippen LogP contribution in [0.4, 0.5) is 0 Å². The Morgan fingerprint density at radius 1 is 1.55 bits per heavy atom. The molecule has 0 fully saturated rings. The normalized spacial score (nSPS) is 9.09. The first-order valence-electron chi connectivity index (χ1n) is 3.09. The first-order valence-corrected chi connectivity index (χ1v) is 6.62. The second-order valence-corrected chi connectivity index (χ2v) is 4.44. The summed E-state index contributed by atoms with van der Waals surface area (Å²) in [7, 11) is 1.73. The van der Waals surface area contributed by atoms with Crippen LogP contribution >= 0.6 is 30.1 Å². The fourth-order valence-electron chi connectivity index (χ4n) is 0.794. The summed E-state index contributed by atoms with van der Waals surface area (Å²) in [5.41, 5.74) is 1.96. The summed E-state index contributed by atoms with van der Waals surface area (Å²) in [5, 5.41) is 8.57. The average molecular weight is 275 g/mol. The highest BCUT2D eigenvalue weighted by Crippen LogP contribution is 2.18. The van der Waals surface area contributed by atoms with Crippen LogP contribution in [0.1, 0.15) is 11.1 Å². The van der Waals surface area contributed by atoms with Crippen molar-refractivity contribution in [3.8, 4) is 6.07 Å². The van der Waals surface area contributed by atoms with Crippen LogP contribution in [0.25, 0.3) is 0 Å². The van der Waals surface area contributed by atoms with Gasteiger partial charge in [-0.3, -0.25) is 0 Å². The standard InChI is InChI=1S/C8H6INS/c9-11-6-8-3-1-2-7(4-8)5-10/h1-4H,6H2. The van der Waals surface area contributed by atoms with Crippen LogP contribution in [-0.4, -0.2) is 0 Å². The average Bonchev–Trinajstić information content (AvgIpc) is 2.06. The Morgan fingerprint density at radius 3 is 3.00 bits per heavy atom. The minimum atomic E-state index is 0.743. The first kappa shape index (κ1) is 8.88. The second kappa shape index (κ2) is 4.62. The fraction of sp³-hybridized carbons (Fsp3) is 0.125. The Labute approximate surface area is 82.4 Å². The van der Waals surface area contributed by atoms with Gasteiger partial charge in [-0.1, -0.05) is 21.1 Å². The molecule has 0 spiro atoms. The Hall–Kier alpha value is -0.210. The molecule has 0 aliphatic carbocycles. The van der Waals surface area contributed by atoms with E-state index in [1.807, 2.05) is 24.3 Å². The smallest absolute Gasteiger partial charge is 0.0991 e. The van der Waals surface area contributed by atoms with E-state index in [0.29, 0.717) is 0 Å². The van der Waals surface area contributed by atoms with Crippen molar-refractivity contribution in [3.05, 3.63) is 35.4 Å². The summed E-state index contributed by atoms with van der Waals surface area (Å²) < 4.78 is 0. The van der Waals surface area contributed by atoms with Crippen molar-refractivity contribution in [2.75, 3.05) is 0 Å². The zero-order valence-electron chi connectivity index (χ0n) is 5.75. The van der Waals surface area contributed by atoms with E-state index in [1.54, 1.807) is 8.93 Å². The van der Waals surface area contributed by atoms with E-state index in [1.165, 1.54) is 5.56 Å². The highest BCUT2D eigenvalue weighted by atomic mass is 127. The van der Waals surface area contributed by atoms with Crippen LogP contribution in [0.5, 0.6) is 0 Å². The van der Waals surface area contributed by atoms with Crippen LogP contribution in [0.3, 0.4) is 0 Å².